The molecule has 6 nitrogen and oxygen atoms in total. The van der Waals surface area contributed by atoms with Gasteiger partial charge in [-0.1, -0.05) is 30.3 Å². The van der Waals surface area contributed by atoms with Gasteiger partial charge in [0, 0.05) is 24.9 Å². The highest BCUT2D eigenvalue weighted by atomic mass is 16.5. The Morgan fingerprint density at radius 2 is 2.14 bits per heavy atom. The summed E-state index contributed by atoms with van der Waals surface area (Å²) in [6.07, 6.45) is 3.81. The molecule has 0 bridgehead atoms. The first-order chi connectivity index (χ1) is 10.7. The van der Waals surface area contributed by atoms with Gasteiger partial charge in [0.05, 0.1) is 25.9 Å². The van der Waals surface area contributed by atoms with Crippen molar-refractivity contribution in [1.82, 2.24) is 15.1 Å². The minimum absolute atomic E-state index is 0.134. The summed E-state index contributed by atoms with van der Waals surface area (Å²) >= 11 is 0. The van der Waals surface area contributed by atoms with E-state index < -0.39 is 0 Å². The van der Waals surface area contributed by atoms with E-state index in [1.807, 2.05) is 42.2 Å². The zero-order valence-corrected chi connectivity index (χ0v) is 13.1. The standard InChI is InChI=1S/C16H23N5O/c1-13(12-22-2)20-16(17)18-8-15-9-19-21(11-15)10-14-6-4-3-5-7-14/h3-7,9,11,13H,8,10,12H2,1-2H3,(H3,17,18,20). The van der Waals surface area contributed by atoms with Crippen molar-refractivity contribution in [2.24, 2.45) is 10.7 Å². The van der Waals surface area contributed by atoms with Crippen LogP contribution in [0.4, 0.5) is 0 Å². The number of guanidine groups is 1. The molecule has 22 heavy (non-hydrogen) atoms. The third-order valence-electron chi connectivity index (χ3n) is 3.12. The summed E-state index contributed by atoms with van der Waals surface area (Å²) in [5.74, 6) is 0.417. The fourth-order valence-corrected chi connectivity index (χ4v) is 2.11. The van der Waals surface area contributed by atoms with Crippen molar-refractivity contribution in [3.05, 3.63) is 53.9 Å². The average molecular weight is 301 g/mol. The van der Waals surface area contributed by atoms with Gasteiger partial charge in [-0.2, -0.15) is 5.10 Å². The molecule has 1 aromatic heterocycles. The molecule has 1 atom stereocenters. The van der Waals surface area contributed by atoms with Crippen molar-refractivity contribution in [2.45, 2.75) is 26.1 Å². The summed E-state index contributed by atoms with van der Waals surface area (Å²) in [5.41, 5.74) is 8.08. The molecular formula is C16H23N5O. The maximum absolute atomic E-state index is 5.84. The molecule has 1 unspecified atom stereocenters. The van der Waals surface area contributed by atoms with Crippen LogP contribution in [0.3, 0.4) is 0 Å². The molecule has 6 heteroatoms. The molecule has 0 aliphatic heterocycles. The van der Waals surface area contributed by atoms with Gasteiger partial charge in [-0.25, -0.2) is 4.99 Å². The van der Waals surface area contributed by atoms with E-state index in [0.717, 1.165) is 12.1 Å². The molecule has 0 saturated heterocycles. The number of aromatic nitrogens is 2. The van der Waals surface area contributed by atoms with Gasteiger partial charge >= 0.3 is 0 Å². The lowest BCUT2D eigenvalue weighted by atomic mass is 10.2. The third kappa shape index (κ3) is 5.21. The Labute approximate surface area is 131 Å². The molecule has 3 N–H and O–H groups in total. The van der Waals surface area contributed by atoms with Crippen LogP contribution in [0, 0.1) is 0 Å². The highest BCUT2D eigenvalue weighted by Gasteiger charge is 2.03. The van der Waals surface area contributed by atoms with Gasteiger partial charge in [0.15, 0.2) is 5.96 Å². The molecule has 0 amide bonds. The van der Waals surface area contributed by atoms with Crippen molar-refractivity contribution < 1.29 is 4.74 Å². The Hall–Kier alpha value is -2.34. The number of rotatable bonds is 7. The van der Waals surface area contributed by atoms with E-state index >= 15 is 0 Å². The number of methoxy groups -OCH3 is 1. The van der Waals surface area contributed by atoms with Crippen molar-refractivity contribution in [2.75, 3.05) is 13.7 Å². The van der Waals surface area contributed by atoms with Crippen LogP contribution in [-0.4, -0.2) is 35.5 Å². The van der Waals surface area contributed by atoms with E-state index in [0.29, 0.717) is 19.1 Å². The average Bonchev–Trinajstić information content (AvgIpc) is 2.94. The Balaban J connectivity index is 1.86. The lowest BCUT2D eigenvalue weighted by Crippen LogP contribution is -2.40. The van der Waals surface area contributed by atoms with Gasteiger partial charge in [-0.3, -0.25) is 4.68 Å². The van der Waals surface area contributed by atoms with Gasteiger partial charge in [0.25, 0.3) is 0 Å². The number of hydrogen-bond donors (Lipinski definition) is 2. The quantitative estimate of drug-likeness (QED) is 0.598. The molecule has 0 spiro atoms. The first kappa shape index (κ1) is 16.0. The Bertz CT molecular complexity index is 594. The SMILES string of the molecule is COCC(C)NC(N)=NCc1cnn(Cc2ccccc2)c1. The summed E-state index contributed by atoms with van der Waals surface area (Å²) in [5, 5.41) is 7.42. The smallest absolute Gasteiger partial charge is 0.189 e. The minimum atomic E-state index is 0.134. The maximum atomic E-state index is 5.84. The number of nitrogens with two attached hydrogens (primary N) is 1. The van der Waals surface area contributed by atoms with Gasteiger partial charge in [-0.15, -0.1) is 0 Å². The van der Waals surface area contributed by atoms with Crippen LogP contribution in [0.2, 0.25) is 0 Å². The van der Waals surface area contributed by atoms with E-state index in [-0.39, 0.29) is 6.04 Å². The molecule has 118 valence electrons. The molecule has 1 aromatic carbocycles. The molecule has 0 radical (unpaired) electrons. The molecule has 0 aliphatic carbocycles. The fraction of sp³-hybridized carbons (Fsp3) is 0.375. The monoisotopic (exact) mass is 301 g/mol. The highest BCUT2D eigenvalue weighted by molar-refractivity contribution is 5.78. The number of benzene rings is 1. The van der Waals surface area contributed by atoms with Gasteiger partial charge in [0.1, 0.15) is 0 Å². The summed E-state index contributed by atoms with van der Waals surface area (Å²) in [7, 11) is 1.66. The predicted molar refractivity (Wildman–Crippen MR) is 87.6 cm³/mol. The van der Waals surface area contributed by atoms with Crippen molar-refractivity contribution in [3.8, 4) is 0 Å². The summed E-state index contributed by atoms with van der Waals surface area (Å²) < 4.78 is 6.94. The topological polar surface area (TPSA) is 77.5 Å². The maximum Gasteiger partial charge on any atom is 0.189 e. The first-order valence-corrected chi connectivity index (χ1v) is 7.28. The second-order valence-corrected chi connectivity index (χ2v) is 5.23. The van der Waals surface area contributed by atoms with Gasteiger partial charge in [0.2, 0.25) is 0 Å². The molecule has 0 fully saturated rings. The summed E-state index contributed by atoms with van der Waals surface area (Å²) in [6, 6.07) is 10.4. The first-order valence-electron chi connectivity index (χ1n) is 7.28. The molecule has 1 heterocycles. The van der Waals surface area contributed by atoms with Crippen molar-refractivity contribution in [1.29, 1.82) is 0 Å². The Kier molecular flexibility index (Phi) is 5.97. The van der Waals surface area contributed by atoms with Crippen LogP contribution in [0.1, 0.15) is 18.1 Å². The number of ether oxygens (including phenoxy) is 1. The van der Waals surface area contributed by atoms with Gasteiger partial charge in [-0.05, 0) is 12.5 Å². The fourth-order valence-electron chi connectivity index (χ4n) is 2.11. The zero-order chi connectivity index (χ0) is 15.8. The number of aliphatic imine (C=N–C) groups is 1. The molecule has 2 aromatic rings. The second-order valence-electron chi connectivity index (χ2n) is 5.23. The van der Waals surface area contributed by atoms with Crippen molar-refractivity contribution in [3.63, 3.8) is 0 Å². The minimum Gasteiger partial charge on any atom is -0.383 e. The Morgan fingerprint density at radius 3 is 2.86 bits per heavy atom. The van der Waals surface area contributed by atoms with E-state index in [9.17, 15) is 0 Å². The second kappa shape index (κ2) is 8.19. The predicted octanol–water partition coefficient (Wildman–Crippen LogP) is 1.37. The lowest BCUT2D eigenvalue weighted by molar-refractivity contribution is 0.179. The molecule has 0 saturated carbocycles. The van der Waals surface area contributed by atoms with E-state index in [4.69, 9.17) is 10.5 Å². The van der Waals surface area contributed by atoms with E-state index in [1.165, 1.54) is 5.56 Å². The van der Waals surface area contributed by atoms with Crippen LogP contribution in [-0.2, 0) is 17.8 Å². The lowest BCUT2D eigenvalue weighted by Gasteiger charge is -2.12. The van der Waals surface area contributed by atoms with Crippen LogP contribution in [0.25, 0.3) is 0 Å². The molecule has 0 aliphatic rings. The van der Waals surface area contributed by atoms with Gasteiger partial charge < -0.3 is 15.8 Å². The van der Waals surface area contributed by atoms with E-state index in [2.05, 4.69) is 27.5 Å². The van der Waals surface area contributed by atoms with Crippen LogP contribution >= 0.6 is 0 Å². The zero-order valence-electron chi connectivity index (χ0n) is 13.1. The largest absolute Gasteiger partial charge is 0.383 e. The van der Waals surface area contributed by atoms with Crippen molar-refractivity contribution >= 4 is 5.96 Å². The number of hydrogen-bond acceptors (Lipinski definition) is 3. The van der Waals surface area contributed by atoms with E-state index in [1.54, 1.807) is 7.11 Å². The number of nitrogens with one attached hydrogen (secondary N) is 1. The Morgan fingerprint density at radius 1 is 1.36 bits per heavy atom. The van der Waals surface area contributed by atoms with Crippen LogP contribution in [0.5, 0.6) is 0 Å². The van der Waals surface area contributed by atoms with Crippen LogP contribution < -0.4 is 11.1 Å². The molecular weight excluding hydrogens is 278 g/mol. The summed E-state index contributed by atoms with van der Waals surface area (Å²) in [4.78, 5) is 4.31. The highest BCUT2D eigenvalue weighted by Crippen LogP contribution is 2.04. The number of nitrogens with zero attached hydrogens (tertiary/aromatic N) is 3. The normalized spacial score (nSPS) is 13.1. The summed E-state index contributed by atoms with van der Waals surface area (Å²) in [6.45, 7) is 3.84. The molecule has 2 rings (SSSR count). The third-order valence-corrected chi connectivity index (χ3v) is 3.12. The van der Waals surface area contributed by atoms with Crippen LogP contribution in [0.15, 0.2) is 47.7 Å².